The van der Waals surface area contributed by atoms with Gasteiger partial charge in [-0.25, -0.2) is 16.8 Å². The van der Waals surface area contributed by atoms with Crippen LogP contribution in [0.1, 0.15) is 69.7 Å². The normalized spacial score (nSPS) is 25.5. The third-order valence-corrected chi connectivity index (χ3v) is 12.0. The lowest BCUT2D eigenvalue weighted by atomic mass is 9.83. The van der Waals surface area contributed by atoms with Crippen LogP contribution in [-0.4, -0.2) is 74.9 Å². The van der Waals surface area contributed by atoms with Gasteiger partial charge in [-0.1, -0.05) is 50.1 Å². The number of oxime groups is 2. The van der Waals surface area contributed by atoms with Crippen LogP contribution in [-0.2, 0) is 24.9 Å². The minimum Gasteiger partial charge on any atom is -0.410 e. The summed E-state index contributed by atoms with van der Waals surface area (Å²) in [5.41, 5.74) is 2.19. The first-order valence-corrected chi connectivity index (χ1v) is 17.5. The molecule has 2 aromatic rings. The number of nitrogens with zero attached hydrogens (tertiary/aromatic N) is 4. The van der Waals surface area contributed by atoms with E-state index in [0.29, 0.717) is 60.8 Å². The zero-order valence-electron chi connectivity index (χ0n) is 24.8. The second-order valence-electron chi connectivity index (χ2n) is 12.3. The molecule has 2 heterocycles. The molecule has 0 amide bonds. The van der Waals surface area contributed by atoms with Crippen molar-refractivity contribution in [3.63, 3.8) is 0 Å². The molecule has 2 saturated heterocycles. The van der Waals surface area contributed by atoms with Crippen molar-refractivity contribution in [3.8, 4) is 0 Å². The molecule has 4 atom stereocenters. The average Bonchev–Trinajstić information content (AvgIpc) is 2.93. The lowest BCUT2D eigenvalue weighted by Gasteiger charge is -2.34. The summed E-state index contributed by atoms with van der Waals surface area (Å²) in [5, 5.41) is 18.2. The molecule has 1 N–H and O–H groups in total. The highest BCUT2D eigenvalue weighted by Crippen LogP contribution is 2.35. The maximum atomic E-state index is 13.8. The van der Waals surface area contributed by atoms with E-state index < -0.39 is 20.0 Å². The fraction of sp³-hybridized carbons (Fsp3) is 0.533. The van der Waals surface area contributed by atoms with Crippen LogP contribution in [0.3, 0.4) is 0 Å². The highest BCUT2D eigenvalue weighted by atomic mass is 32.2. The minimum absolute atomic E-state index is 0.0722. The van der Waals surface area contributed by atoms with Gasteiger partial charge in [-0.05, 0) is 67.7 Å². The smallest absolute Gasteiger partial charge is 0.243 e. The van der Waals surface area contributed by atoms with E-state index >= 15 is 0 Å². The van der Waals surface area contributed by atoms with Crippen LogP contribution in [0.25, 0.3) is 0 Å². The Bertz CT molecular complexity index is 1510. The maximum absolute atomic E-state index is 13.8. The Morgan fingerprint density at radius 2 is 1.12 bits per heavy atom. The third-order valence-electron chi connectivity index (χ3n) is 8.33. The predicted octanol–water partition coefficient (Wildman–Crippen LogP) is 4.35. The summed E-state index contributed by atoms with van der Waals surface area (Å²) in [6, 6.07) is 9.35. The van der Waals surface area contributed by atoms with Crippen molar-refractivity contribution in [3.05, 3.63) is 58.7 Å². The van der Waals surface area contributed by atoms with Gasteiger partial charge in [0, 0.05) is 48.4 Å². The zero-order valence-corrected chi connectivity index (χ0v) is 26.5. The molecule has 12 heteroatoms. The largest absolute Gasteiger partial charge is 0.410 e. The topological polar surface area (TPSA) is 129 Å². The van der Waals surface area contributed by atoms with Gasteiger partial charge in [-0.3, -0.25) is 0 Å². The highest BCUT2D eigenvalue weighted by Gasteiger charge is 2.36. The van der Waals surface area contributed by atoms with Crippen molar-refractivity contribution < 1.29 is 26.9 Å². The molecule has 228 valence electrons. The molecule has 2 aliphatic heterocycles. The van der Waals surface area contributed by atoms with Crippen LogP contribution in [0.2, 0.25) is 0 Å². The van der Waals surface area contributed by atoms with E-state index in [1.54, 1.807) is 19.1 Å². The first-order chi connectivity index (χ1) is 19.9. The molecule has 0 aromatic heterocycles. The molecule has 0 radical (unpaired) electrons. The molecule has 2 aromatic carbocycles. The van der Waals surface area contributed by atoms with Gasteiger partial charge in [-0.2, -0.15) is 8.61 Å². The van der Waals surface area contributed by atoms with Gasteiger partial charge >= 0.3 is 0 Å². The number of rotatable bonds is 6. The summed E-state index contributed by atoms with van der Waals surface area (Å²) in [4.78, 5) is 5.57. The van der Waals surface area contributed by atoms with Crippen molar-refractivity contribution in [2.75, 3.05) is 32.8 Å². The van der Waals surface area contributed by atoms with Crippen LogP contribution >= 0.6 is 0 Å². The Kier molecular flexibility index (Phi) is 8.54. The molecule has 0 spiro atoms. The number of piperidine rings is 2. The van der Waals surface area contributed by atoms with Gasteiger partial charge in [0.15, 0.2) is 0 Å². The van der Waals surface area contributed by atoms with Gasteiger partial charge in [-0.15, -0.1) is 0 Å². The molecule has 3 aliphatic rings. The minimum atomic E-state index is -3.84. The van der Waals surface area contributed by atoms with Crippen LogP contribution in [0.5, 0.6) is 0 Å². The standard InChI is InChI=1S/C30H40N4O6S2/c1-6-40-32-30-25-9-7-23(41(36,37)33-15-19(2)11-20(3)16-33)13-27(25)29(31-35)28-14-24(8-10-26(28)30)42(38,39)34-17-21(4)12-22(5)18-34/h7-10,13-14,19-22,35H,6,11-12,15-18H2,1-5H3/t19-,20+,21-,22+. The first-order valence-electron chi connectivity index (χ1n) is 14.6. The monoisotopic (exact) mass is 616 g/mol. The van der Waals surface area contributed by atoms with Crippen molar-refractivity contribution >= 4 is 31.5 Å². The lowest BCUT2D eigenvalue weighted by Crippen LogP contribution is -2.42. The van der Waals surface area contributed by atoms with Crippen LogP contribution in [0.4, 0.5) is 0 Å². The highest BCUT2D eigenvalue weighted by molar-refractivity contribution is 7.89. The zero-order chi connectivity index (χ0) is 30.4. The summed E-state index contributed by atoms with van der Waals surface area (Å²) < 4.78 is 58.1. The van der Waals surface area contributed by atoms with Gasteiger partial charge in [0.05, 0.1) is 9.79 Å². The number of hydrogen-bond donors (Lipinski definition) is 1. The quantitative estimate of drug-likeness (QED) is 0.324. The SMILES string of the molecule is CCON=C1c2ccc(S(=O)(=O)N3C[C@H](C)C[C@H](C)C3)cc2C(=NO)c2cc(S(=O)(=O)N3C[C@H](C)C[C@H](C)C3)ccc21. The molecular formula is C30H40N4O6S2. The summed E-state index contributed by atoms with van der Waals surface area (Å²) in [6.07, 6.45) is 1.93. The predicted molar refractivity (Wildman–Crippen MR) is 161 cm³/mol. The van der Waals surface area contributed by atoms with Crippen LogP contribution in [0.15, 0.2) is 56.5 Å². The van der Waals surface area contributed by atoms with Crippen molar-refractivity contribution in [2.24, 2.45) is 34.0 Å². The Balaban J connectivity index is 1.62. The van der Waals surface area contributed by atoms with E-state index in [1.165, 1.54) is 32.9 Å². The fourth-order valence-corrected chi connectivity index (χ4v) is 10.1. The second kappa shape index (κ2) is 11.7. The van der Waals surface area contributed by atoms with Gasteiger partial charge in [0.1, 0.15) is 18.0 Å². The molecule has 0 saturated carbocycles. The number of benzene rings is 2. The summed E-state index contributed by atoms with van der Waals surface area (Å²) >= 11 is 0. The van der Waals surface area contributed by atoms with E-state index in [-0.39, 0.29) is 39.2 Å². The van der Waals surface area contributed by atoms with Crippen molar-refractivity contribution in [1.29, 1.82) is 0 Å². The maximum Gasteiger partial charge on any atom is 0.243 e. The second-order valence-corrected chi connectivity index (χ2v) is 16.1. The lowest BCUT2D eigenvalue weighted by molar-refractivity contribution is 0.159. The summed E-state index contributed by atoms with van der Waals surface area (Å²) in [7, 11) is -7.68. The Labute approximate surface area is 249 Å². The van der Waals surface area contributed by atoms with Crippen molar-refractivity contribution in [2.45, 2.75) is 57.3 Å². The number of fused-ring (bicyclic) bond motifs is 2. The van der Waals surface area contributed by atoms with E-state index in [0.717, 1.165) is 12.8 Å². The third kappa shape index (κ3) is 5.61. The molecule has 0 bridgehead atoms. The average molecular weight is 617 g/mol. The molecule has 42 heavy (non-hydrogen) atoms. The molecule has 2 fully saturated rings. The van der Waals surface area contributed by atoms with E-state index in [4.69, 9.17) is 4.84 Å². The van der Waals surface area contributed by atoms with Crippen LogP contribution in [0, 0.1) is 23.7 Å². The van der Waals surface area contributed by atoms with E-state index in [1.807, 2.05) is 27.7 Å². The molecule has 1 aliphatic carbocycles. The van der Waals surface area contributed by atoms with E-state index in [2.05, 4.69) is 10.3 Å². The molecule has 5 rings (SSSR count). The Hall–Kier alpha value is -2.80. The Morgan fingerprint density at radius 1 is 0.714 bits per heavy atom. The van der Waals surface area contributed by atoms with E-state index in [9.17, 15) is 22.0 Å². The summed E-state index contributed by atoms with van der Waals surface area (Å²) in [6.45, 7) is 12.0. The van der Waals surface area contributed by atoms with Crippen LogP contribution < -0.4 is 0 Å². The van der Waals surface area contributed by atoms with Gasteiger partial charge in [0.25, 0.3) is 0 Å². The first kappa shape index (κ1) is 30.7. The number of sulfonamides is 2. The molecule has 10 nitrogen and oxygen atoms in total. The van der Waals surface area contributed by atoms with Gasteiger partial charge in [0.2, 0.25) is 20.0 Å². The molecular weight excluding hydrogens is 576 g/mol. The fourth-order valence-electron chi connectivity index (χ4n) is 6.70. The molecule has 0 unspecified atom stereocenters. The van der Waals surface area contributed by atoms with Crippen molar-refractivity contribution in [1.82, 2.24) is 8.61 Å². The van der Waals surface area contributed by atoms with Gasteiger partial charge < -0.3 is 10.0 Å². The Morgan fingerprint density at radius 3 is 1.48 bits per heavy atom. The number of hydrogen-bond acceptors (Lipinski definition) is 8. The summed E-state index contributed by atoms with van der Waals surface area (Å²) in [5.74, 6) is 0.940.